The van der Waals surface area contributed by atoms with Crippen molar-refractivity contribution >= 4 is 50.7 Å². The molecule has 0 fully saturated rings. The number of carbonyl (C=O) groups excluding carboxylic acids is 1. The smallest absolute Gasteiger partial charge is 0.325 e. The number of benzene rings is 3. The molecule has 0 bridgehead atoms. The van der Waals surface area contributed by atoms with E-state index in [-0.39, 0.29) is 15.6 Å². The Balaban J connectivity index is 1.65. The quantitative estimate of drug-likeness (QED) is 0.339. The predicted octanol–water partition coefficient (Wildman–Crippen LogP) is 6.59. The molecule has 34 heavy (non-hydrogen) atoms. The SMILES string of the molecule is Cc1ccc(S(=O)(=O)Nc2ccc(SC(C)C(=O)Nc3ccc(Cl)cc3C(F)(F)F)cc2)cc1. The fourth-order valence-corrected chi connectivity index (χ4v) is 4.98. The van der Waals surface area contributed by atoms with E-state index >= 15 is 0 Å². The summed E-state index contributed by atoms with van der Waals surface area (Å²) in [6.07, 6.45) is -4.67. The van der Waals surface area contributed by atoms with Crippen molar-refractivity contribution in [3.05, 3.63) is 82.9 Å². The first kappa shape index (κ1) is 25.9. The highest BCUT2D eigenvalue weighted by molar-refractivity contribution is 8.00. The van der Waals surface area contributed by atoms with E-state index in [1.54, 1.807) is 43.3 Å². The Labute approximate surface area is 204 Å². The third-order valence-corrected chi connectivity index (χ3v) is 7.41. The molecule has 2 N–H and O–H groups in total. The van der Waals surface area contributed by atoms with Gasteiger partial charge in [0, 0.05) is 15.6 Å². The number of halogens is 4. The molecule has 1 amide bonds. The van der Waals surface area contributed by atoms with Crippen molar-refractivity contribution in [2.24, 2.45) is 0 Å². The molecule has 11 heteroatoms. The first-order chi connectivity index (χ1) is 15.8. The highest BCUT2D eigenvalue weighted by Crippen LogP contribution is 2.37. The highest BCUT2D eigenvalue weighted by Gasteiger charge is 2.34. The van der Waals surface area contributed by atoms with Gasteiger partial charge < -0.3 is 5.32 Å². The van der Waals surface area contributed by atoms with Crippen molar-refractivity contribution in [1.29, 1.82) is 0 Å². The highest BCUT2D eigenvalue weighted by atomic mass is 35.5. The van der Waals surface area contributed by atoms with Crippen LogP contribution in [0.3, 0.4) is 0 Å². The average molecular weight is 529 g/mol. The minimum atomic E-state index is -4.67. The Hall–Kier alpha value is -2.69. The number of anilines is 2. The number of sulfonamides is 1. The van der Waals surface area contributed by atoms with Crippen molar-refractivity contribution in [3.8, 4) is 0 Å². The van der Waals surface area contributed by atoms with Crippen LogP contribution in [0, 0.1) is 6.92 Å². The van der Waals surface area contributed by atoms with Gasteiger partial charge in [0.1, 0.15) is 0 Å². The molecule has 5 nitrogen and oxygen atoms in total. The first-order valence-corrected chi connectivity index (χ1v) is 12.6. The van der Waals surface area contributed by atoms with Crippen molar-refractivity contribution in [3.63, 3.8) is 0 Å². The monoisotopic (exact) mass is 528 g/mol. The summed E-state index contributed by atoms with van der Waals surface area (Å²) >= 11 is 6.78. The summed E-state index contributed by atoms with van der Waals surface area (Å²) < 4.78 is 67.2. The molecule has 0 saturated heterocycles. The fraction of sp³-hybridized carbons (Fsp3) is 0.174. The van der Waals surface area contributed by atoms with Crippen LogP contribution in [0.2, 0.25) is 5.02 Å². The minimum absolute atomic E-state index is 0.0918. The molecular formula is C23H20ClF3N2O3S2. The normalized spacial score (nSPS) is 12.8. The van der Waals surface area contributed by atoms with E-state index in [0.717, 1.165) is 29.5 Å². The van der Waals surface area contributed by atoms with Crippen LogP contribution in [-0.2, 0) is 21.0 Å². The summed E-state index contributed by atoms with van der Waals surface area (Å²) in [4.78, 5) is 13.3. The molecular weight excluding hydrogens is 509 g/mol. The lowest BCUT2D eigenvalue weighted by atomic mass is 10.1. The second-order valence-corrected chi connectivity index (χ2v) is 10.9. The van der Waals surface area contributed by atoms with E-state index in [2.05, 4.69) is 10.0 Å². The second-order valence-electron chi connectivity index (χ2n) is 7.38. The topological polar surface area (TPSA) is 75.3 Å². The predicted molar refractivity (Wildman–Crippen MR) is 129 cm³/mol. The molecule has 3 aromatic carbocycles. The number of hydrogen-bond donors (Lipinski definition) is 2. The summed E-state index contributed by atoms with van der Waals surface area (Å²) in [5.41, 5.74) is -0.145. The van der Waals surface area contributed by atoms with Gasteiger partial charge in [-0.2, -0.15) is 13.2 Å². The fourth-order valence-electron chi connectivity index (χ4n) is 2.89. The van der Waals surface area contributed by atoms with Crippen molar-refractivity contribution in [1.82, 2.24) is 0 Å². The summed E-state index contributed by atoms with van der Waals surface area (Å²) in [7, 11) is -3.76. The molecule has 3 aromatic rings. The van der Waals surface area contributed by atoms with E-state index < -0.39 is 32.9 Å². The van der Waals surface area contributed by atoms with Gasteiger partial charge in [0.25, 0.3) is 10.0 Å². The summed E-state index contributed by atoms with van der Waals surface area (Å²) in [6.45, 7) is 3.41. The number of nitrogens with one attached hydrogen (secondary N) is 2. The van der Waals surface area contributed by atoms with Crippen LogP contribution in [0.4, 0.5) is 24.5 Å². The van der Waals surface area contributed by atoms with Gasteiger partial charge in [-0.3, -0.25) is 9.52 Å². The van der Waals surface area contributed by atoms with E-state index in [0.29, 0.717) is 10.6 Å². The maximum atomic E-state index is 13.2. The molecule has 0 aliphatic heterocycles. The molecule has 0 aliphatic carbocycles. The van der Waals surface area contributed by atoms with Gasteiger partial charge in [0.15, 0.2) is 0 Å². The largest absolute Gasteiger partial charge is 0.418 e. The summed E-state index contributed by atoms with van der Waals surface area (Å²) in [6, 6.07) is 15.8. The lowest BCUT2D eigenvalue weighted by molar-refractivity contribution is -0.137. The Morgan fingerprint density at radius 3 is 2.21 bits per heavy atom. The van der Waals surface area contributed by atoms with E-state index in [9.17, 15) is 26.4 Å². The van der Waals surface area contributed by atoms with E-state index in [1.165, 1.54) is 18.2 Å². The molecule has 0 radical (unpaired) electrons. The van der Waals surface area contributed by atoms with Crippen LogP contribution in [0.5, 0.6) is 0 Å². The number of hydrogen-bond acceptors (Lipinski definition) is 4. The van der Waals surface area contributed by atoms with Crippen molar-refractivity contribution in [2.75, 3.05) is 10.0 Å². The van der Waals surface area contributed by atoms with Crippen LogP contribution >= 0.6 is 23.4 Å². The number of rotatable bonds is 7. The van der Waals surface area contributed by atoms with Gasteiger partial charge in [-0.15, -0.1) is 11.8 Å². The number of alkyl halides is 3. The number of amides is 1. The van der Waals surface area contributed by atoms with Gasteiger partial charge in [-0.05, 0) is 68.4 Å². The molecule has 0 aliphatic rings. The second kappa shape index (κ2) is 10.3. The van der Waals surface area contributed by atoms with Crippen LogP contribution in [-0.4, -0.2) is 19.6 Å². The first-order valence-electron chi connectivity index (χ1n) is 9.89. The van der Waals surface area contributed by atoms with Gasteiger partial charge in [-0.25, -0.2) is 8.42 Å². The van der Waals surface area contributed by atoms with E-state index in [4.69, 9.17) is 11.6 Å². The Morgan fingerprint density at radius 2 is 1.62 bits per heavy atom. The van der Waals surface area contributed by atoms with Crippen molar-refractivity contribution in [2.45, 2.75) is 35.1 Å². The van der Waals surface area contributed by atoms with Gasteiger partial charge in [-0.1, -0.05) is 29.3 Å². The Morgan fingerprint density at radius 1 is 1.00 bits per heavy atom. The Kier molecular flexibility index (Phi) is 7.84. The lowest BCUT2D eigenvalue weighted by Crippen LogP contribution is -2.24. The average Bonchev–Trinajstić information content (AvgIpc) is 2.75. The number of aryl methyl sites for hydroxylation is 1. The third-order valence-electron chi connectivity index (χ3n) is 4.66. The third kappa shape index (κ3) is 6.68. The van der Waals surface area contributed by atoms with Crippen LogP contribution < -0.4 is 10.0 Å². The minimum Gasteiger partial charge on any atom is -0.325 e. The summed E-state index contributed by atoms with van der Waals surface area (Å²) in [5, 5.41) is 1.48. The lowest BCUT2D eigenvalue weighted by Gasteiger charge is -2.17. The number of thioether (sulfide) groups is 1. The summed E-state index contributed by atoms with van der Waals surface area (Å²) in [5.74, 6) is -0.623. The maximum Gasteiger partial charge on any atom is 0.418 e. The van der Waals surface area contributed by atoms with E-state index in [1.807, 2.05) is 6.92 Å². The molecule has 0 saturated carbocycles. The van der Waals surface area contributed by atoms with Crippen LogP contribution in [0.25, 0.3) is 0 Å². The maximum absolute atomic E-state index is 13.2. The van der Waals surface area contributed by atoms with Gasteiger partial charge in [0.2, 0.25) is 5.91 Å². The van der Waals surface area contributed by atoms with Crippen molar-refractivity contribution < 1.29 is 26.4 Å². The standard InChI is InChI=1S/C23H20ClF3N2O3S2/c1-14-3-10-19(11-4-14)34(31,32)29-17-6-8-18(9-7-17)33-15(2)22(30)28-21-12-5-16(24)13-20(21)23(25,26)27/h3-13,15,29H,1-2H3,(H,28,30). The van der Waals surface area contributed by atoms with Crippen LogP contribution in [0.1, 0.15) is 18.1 Å². The zero-order valence-electron chi connectivity index (χ0n) is 18.0. The molecule has 0 heterocycles. The van der Waals surface area contributed by atoms with Crippen LogP contribution in [0.15, 0.2) is 76.5 Å². The van der Waals surface area contributed by atoms with Gasteiger partial charge in [0.05, 0.1) is 21.4 Å². The zero-order chi connectivity index (χ0) is 25.1. The molecule has 0 spiro atoms. The molecule has 0 aromatic heterocycles. The molecule has 3 rings (SSSR count). The Bertz CT molecular complexity index is 1280. The zero-order valence-corrected chi connectivity index (χ0v) is 20.4. The molecule has 1 atom stereocenters. The molecule has 180 valence electrons. The van der Waals surface area contributed by atoms with Gasteiger partial charge >= 0.3 is 6.18 Å². The number of carbonyl (C=O) groups is 1. The molecule has 1 unspecified atom stereocenters.